The molecular formula is C15H20O. The van der Waals surface area contributed by atoms with Gasteiger partial charge in [-0.25, -0.2) is 0 Å². The summed E-state index contributed by atoms with van der Waals surface area (Å²) in [4.78, 5) is 11.8. The molecule has 0 aliphatic heterocycles. The molecular weight excluding hydrogens is 196 g/mol. The molecule has 0 amide bonds. The van der Waals surface area contributed by atoms with Gasteiger partial charge < -0.3 is 0 Å². The Kier molecular flexibility index (Phi) is 3.13. The summed E-state index contributed by atoms with van der Waals surface area (Å²) in [6.45, 7) is 6.24. The number of carbonyl (C=O) groups is 1. The van der Waals surface area contributed by atoms with E-state index >= 15 is 0 Å². The second kappa shape index (κ2) is 4.40. The van der Waals surface area contributed by atoms with E-state index in [-0.39, 0.29) is 5.92 Å². The van der Waals surface area contributed by atoms with E-state index in [1.54, 1.807) is 0 Å². The van der Waals surface area contributed by atoms with Crippen LogP contribution in [0.25, 0.3) is 0 Å². The number of rotatable bonds is 3. The number of Topliss-reactive ketones (excluding diaryl/α,β-unsaturated/α-hetero) is 1. The van der Waals surface area contributed by atoms with E-state index in [1.165, 1.54) is 29.5 Å². The fourth-order valence-electron chi connectivity index (χ4n) is 2.58. The Morgan fingerprint density at radius 3 is 2.88 bits per heavy atom. The molecule has 1 aromatic rings. The molecule has 1 aromatic carbocycles. The third-order valence-electron chi connectivity index (χ3n) is 3.63. The zero-order valence-corrected chi connectivity index (χ0v) is 10.4. The molecule has 1 atom stereocenters. The average Bonchev–Trinajstić information content (AvgIpc) is 2.61. The van der Waals surface area contributed by atoms with Crippen molar-refractivity contribution in [3.8, 4) is 0 Å². The van der Waals surface area contributed by atoms with Crippen LogP contribution in [0.1, 0.15) is 49.8 Å². The van der Waals surface area contributed by atoms with Crippen molar-refractivity contribution in [2.45, 2.75) is 46.0 Å². The molecule has 0 fully saturated rings. The molecule has 86 valence electrons. The van der Waals surface area contributed by atoms with E-state index in [0.29, 0.717) is 18.1 Å². The predicted octanol–water partition coefficient (Wildman–Crippen LogP) is 3.50. The lowest BCUT2D eigenvalue weighted by Gasteiger charge is -2.12. The quantitative estimate of drug-likeness (QED) is 0.755. The van der Waals surface area contributed by atoms with Crippen LogP contribution in [-0.4, -0.2) is 5.78 Å². The van der Waals surface area contributed by atoms with Crippen molar-refractivity contribution in [3.63, 3.8) is 0 Å². The van der Waals surface area contributed by atoms with E-state index in [4.69, 9.17) is 0 Å². The standard InChI is InChI=1S/C15H20O/c1-10(2)14(16)9-13-6-4-5-12-8-7-11(3)15(12)13/h4-6,10-11H,7-9H2,1-3H3. The van der Waals surface area contributed by atoms with Gasteiger partial charge >= 0.3 is 0 Å². The van der Waals surface area contributed by atoms with Crippen molar-refractivity contribution >= 4 is 5.78 Å². The van der Waals surface area contributed by atoms with Crippen LogP contribution >= 0.6 is 0 Å². The van der Waals surface area contributed by atoms with Gasteiger partial charge in [0.05, 0.1) is 0 Å². The molecule has 0 saturated heterocycles. The van der Waals surface area contributed by atoms with Gasteiger partial charge in [0, 0.05) is 12.3 Å². The molecule has 0 radical (unpaired) electrons. The van der Waals surface area contributed by atoms with Crippen LogP contribution in [0.2, 0.25) is 0 Å². The number of ketones is 1. The Labute approximate surface area is 97.9 Å². The molecule has 1 unspecified atom stereocenters. The Hall–Kier alpha value is -1.11. The molecule has 0 bridgehead atoms. The summed E-state index contributed by atoms with van der Waals surface area (Å²) in [7, 11) is 0. The molecule has 1 nitrogen and oxygen atoms in total. The van der Waals surface area contributed by atoms with Crippen LogP contribution in [0.5, 0.6) is 0 Å². The number of hydrogen-bond acceptors (Lipinski definition) is 1. The van der Waals surface area contributed by atoms with Gasteiger partial charge in [0.15, 0.2) is 0 Å². The van der Waals surface area contributed by atoms with Crippen molar-refractivity contribution in [2.75, 3.05) is 0 Å². The summed E-state index contributed by atoms with van der Waals surface area (Å²) < 4.78 is 0. The molecule has 1 aliphatic carbocycles. The Morgan fingerprint density at radius 2 is 2.19 bits per heavy atom. The normalized spacial score (nSPS) is 18.9. The monoisotopic (exact) mass is 216 g/mol. The van der Waals surface area contributed by atoms with Gasteiger partial charge in [-0.3, -0.25) is 4.79 Å². The minimum Gasteiger partial charge on any atom is -0.299 e. The largest absolute Gasteiger partial charge is 0.299 e. The second-order valence-electron chi connectivity index (χ2n) is 5.23. The van der Waals surface area contributed by atoms with E-state index in [0.717, 1.165) is 0 Å². The molecule has 0 spiro atoms. The number of benzene rings is 1. The summed E-state index contributed by atoms with van der Waals surface area (Å²) in [5, 5.41) is 0. The maximum Gasteiger partial charge on any atom is 0.139 e. The van der Waals surface area contributed by atoms with Gasteiger partial charge in [-0.05, 0) is 35.4 Å². The fraction of sp³-hybridized carbons (Fsp3) is 0.533. The highest BCUT2D eigenvalue weighted by Crippen LogP contribution is 2.35. The van der Waals surface area contributed by atoms with E-state index < -0.39 is 0 Å². The second-order valence-corrected chi connectivity index (χ2v) is 5.23. The van der Waals surface area contributed by atoms with E-state index in [2.05, 4.69) is 25.1 Å². The van der Waals surface area contributed by atoms with Gasteiger partial charge in [-0.2, -0.15) is 0 Å². The smallest absolute Gasteiger partial charge is 0.139 e. The minimum atomic E-state index is 0.146. The predicted molar refractivity (Wildman–Crippen MR) is 66.7 cm³/mol. The molecule has 2 rings (SSSR count). The molecule has 16 heavy (non-hydrogen) atoms. The van der Waals surface area contributed by atoms with E-state index in [9.17, 15) is 4.79 Å². The van der Waals surface area contributed by atoms with Gasteiger partial charge in [-0.1, -0.05) is 39.0 Å². The number of hydrogen-bond donors (Lipinski definition) is 0. The summed E-state index contributed by atoms with van der Waals surface area (Å²) in [6, 6.07) is 6.43. The highest BCUT2D eigenvalue weighted by molar-refractivity contribution is 5.83. The van der Waals surface area contributed by atoms with Crippen LogP contribution in [0.3, 0.4) is 0 Å². The van der Waals surface area contributed by atoms with Gasteiger partial charge in [0.2, 0.25) is 0 Å². The first kappa shape index (κ1) is 11.4. The molecule has 0 saturated carbocycles. The lowest BCUT2D eigenvalue weighted by Crippen LogP contribution is -2.12. The Bertz CT molecular complexity index is 404. The lowest BCUT2D eigenvalue weighted by molar-refractivity contribution is -0.121. The van der Waals surface area contributed by atoms with Crippen molar-refractivity contribution in [3.05, 3.63) is 34.9 Å². The maximum atomic E-state index is 11.8. The first-order chi connectivity index (χ1) is 7.59. The number of carbonyl (C=O) groups excluding carboxylic acids is 1. The minimum absolute atomic E-state index is 0.146. The molecule has 0 N–H and O–H groups in total. The van der Waals surface area contributed by atoms with Crippen LogP contribution in [-0.2, 0) is 17.6 Å². The summed E-state index contributed by atoms with van der Waals surface area (Å²) in [5.41, 5.74) is 4.18. The maximum absolute atomic E-state index is 11.8. The zero-order valence-electron chi connectivity index (χ0n) is 10.4. The van der Waals surface area contributed by atoms with E-state index in [1.807, 2.05) is 13.8 Å². The van der Waals surface area contributed by atoms with Crippen molar-refractivity contribution in [2.24, 2.45) is 5.92 Å². The van der Waals surface area contributed by atoms with Crippen molar-refractivity contribution < 1.29 is 4.79 Å². The molecule has 0 aromatic heterocycles. The average molecular weight is 216 g/mol. The van der Waals surface area contributed by atoms with Gasteiger partial charge in [-0.15, -0.1) is 0 Å². The van der Waals surface area contributed by atoms with Crippen LogP contribution < -0.4 is 0 Å². The first-order valence-electron chi connectivity index (χ1n) is 6.23. The van der Waals surface area contributed by atoms with Crippen LogP contribution in [0.15, 0.2) is 18.2 Å². The highest BCUT2D eigenvalue weighted by atomic mass is 16.1. The Morgan fingerprint density at radius 1 is 1.44 bits per heavy atom. The van der Waals surface area contributed by atoms with Crippen molar-refractivity contribution in [1.29, 1.82) is 0 Å². The zero-order chi connectivity index (χ0) is 11.7. The number of aryl methyl sites for hydroxylation is 1. The number of fused-ring (bicyclic) bond motifs is 1. The SMILES string of the molecule is CC(C)C(=O)Cc1cccc2c1C(C)CC2. The topological polar surface area (TPSA) is 17.1 Å². The van der Waals surface area contributed by atoms with Gasteiger partial charge in [0.1, 0.15) is 5.78 Å². The lowest BCUT2D eigenvalue weighted by atomic mass is 9.92. The highest BCUT2D eigenvalue weighted by Gasteiger charge is 2.22. The first-order valence-corrected chi connectivity index (χ1v) is 6.23. The summed E-state index contributed by atoms with van der Waals surface area (Å²) >= 11 is 0. The van der Waals surface area contributed by atoms with Crippen LogP contribution in [0, 0.1) is 5.92 Å². The Balaban J connectivity index is 2.29. The fourth-order valence-corrected chi connectivity index (χ4v) is 2.58. The van der Waals surface area contributed by atoms with Crippen LogP contribution in [0.4, 0.5) is 0 Å². The molecule has 1 heteroatoms. The third-order valence-corrected chi connectivity index (χ3v) is 3.63. The van der Waals surface area contributed by atoms with Crippen molar-refractivity contribution in [1.82, 2.24) is 0 Å². The summed E-state index contributed by atoms with van der Waals surface area (Å²) in [6.07, 6.45) is 3.04. The molecule has 0 heterocycles. The summed E-state index contributed by atoms with van der Waals surface area (Å²) in [5.74, 6) is 1.13. The third kappa shape index (κ3) is 2.04. The van der Waals surface area contributed by atoms with Gasteiger partial charge in [0.25, 0.3) is 0 Å². The molecule has 1 aliphatic rings.